The predicted octanol–water partition coefficient (Wildman–Crippen LogP) is 1.11. The molecular formula is C11H11ClN4O3S. The summed E-state index contributed by atoms with van der Waals surface area (Å²) in [5, 5.41) is 5.99. The van der Waals surface area contributed by atoms with Crippen LogP contribution < -0.4 is 16.0 Å². The van der Waals surface area contributed by atoms with E-state index in [0.717, 1.165) is 6.07 Å². The lowest BCUT2D eigenvalue weighted by molar-refractivity contribution is 0.600. The van der Waals surface area contributed by atoms with Crippen LogP contribution in [0.1, 0.15) is 5.56 Å². The van der Waals surface area contributed by atoms with Gasteiger partial charge < -0.3 is 5.73 Å². The third kappa shape index (κ3) is 2.91. The molecule has 9 heteroatoms. The molecule has 0 atom stereocenters. The van der Waals surface area contributed by atoms with E-state index in [9.17, 15) is 13.2 Å². The molecule has 0 amide bonds. The Balaban J connectivity index is 2.43. The number of hydrogen-bond donors (Lipinski definition) is 3. The van der Waals surface area contributed by atoms with Crippen molar-refractivity contribution in [2.75, 3.05) is 10.5 Å². The zero-order valence-corrected chi connectivity index (χ0v) is 11.9. The molecule has 20 heavy (non-hydrogen) atoms. The smallest absolute Gasteiger partial charge is 0.264 e. The predicted molar refractivity (Wildman–Crippen MR) is 76.3 cm³/mol. The minimum atomic E-state index is -3.87. The van der Waals surface area contributed by atoms with E-state index in [0.29, 0.717) is 5.56 Å². The Labute approximate surface area is 119 Å². The molecule has 7 nitrogen and oxygen atoms in total. The molecule has 0 spiro atoms. The van der Waals surface area contributed by atoms with Gasteiger partial charge in [0.05, 0.1) is 15.6 Å². The minimum absolute atomic E-state index is 0.00229. The first-order valence-electron chi connectivity index (χ1n) is 5.44. The van der Waals surface area contributed by atoms with Crippen LogP contribution in [0.25, 0.3) is 0 Å². The molecule has 1 aromatic carbocycles. The highest BCUT2D eigenvalue weighted by Crippen LogP contribution is 2.27. The van der Waals surface area contributed by atoms with Crippen molar-refractivity contribution in [3.8, 4) is 0 Å². The number of aromatic amines is 1. The van der Waals surface area contributed by atoms with Crippen LogP contribution in [0.5, 0.6) is 0 Å². The number of rotatable bonds is 3. The molecule has 0 aliphatic heterocycles. The van der Waals surface area contributed by atoms with Gasteiger partial charge in [-0.2, -0.15) is 5.10 Å². The number of aromatic nitrogens is 2. The van der Waals surface area contributed by atoms with Gasteiger partial charge in [-0.25, -0.2) is 13.5 Å². The van der Waals surface area contributed by atoms with Crippen LogP contribution in [0, 0.1) is 6.92 Å². The quantitative estimate of drug-likeness (QED) is 0.733. The standard InChI is InChI=1S/C11H11ClN4O3S/c1-6-4-7(12)8(13)5-9(6)20(18,19)16-10-2-3-11(17)15-14-10/h2-5H,13H2,1H3,(H,14,16)(H,15,17). The lowest BCUT2D eigenvalue weighted by Crippen LogP contribution is -2.17. The largest absolute Gasteiger partial charge is 0.397 e. The third-order valence-electron chi connectivity index (χ3n) is 2.50. The van der Waals surface area contributed by atoms with Crippen molar-refractivity contribution in [1.82, 2.24) is 10.2 Å². The zero-order valence-electron chi connectivity index (χ0n) is 10.3. The molecule has 0 aliphatic rings. The van der Waals surface area contributed by atoms with E-state index in [1.165, 1.54) is 18.2 Å². The molecule has 4 N–H and O–H groups in total. The highest BCUT2D eigenvalue weighted by Gasteiger charge is 2.19. The Morgan fingerprint density at radius 1 is 1.35 bits per heavy atom. The summed E-state index contributed by atoms with van der Waals surface area (Å²) in [5.74, 6) is -0.00229. The molecule has 0 aliphatic carbocycles. The summed E-state index contributed by atoms with van der Waals surface area (Å²) in [4.78, 5) is 10.9. The molecule has 1 aromatic heterocycles. The molecule has 1 heterocycles. The Kier molecular flexibility index (Phi) is 3.69. The first-order valence-corrected chi connectivity index (χ1v) is 7.30. The molecule has 0 radical (unpaired) electrons. The number of sulfonamides is 1. The number of nitrogens with one attached hydrogen (secondary N) is 2. The van der Waals surface area contributed by atoms with E-state index in [4.69, 9.17) is 17.3 Å². The number of nitrogens with two attached hydrogens (primary N) is 1. The monoisotopic (exact) mass is 314 g/mol. The average Bonchev–Trinajstić information content (AvgIpc) is 2.36. The number of anilines is 2. The Hall–Kier alpha value is -2.06. The topological polar surface area (TPSA) is 118 Å². The lowest BCUT2D eigenvalue weighted by Gasteiger charge is -2.11. The third-order valence-corrected chi connectivity index (χ3v) is 4.33. The van der Waals surface area contributed by atoms with Gasteiger partial charge >= 0.3 is 0 Å². The fourth-order valence-electron chi connectivity index (χ4n) is 1.55. The van der Waals surface area contributed by atoms with Crippen molar-refractivity contribution in [2.45, 2.75) is 11.8 Å². The highest BCUT2D eigenvalue weighted by atomic mass is 35.5. The fraction of sp³-hybridized carbons (Fsp3) is 0.0909. The maximum Gasteiger partial charge on any atom is 0.264 e. The summed E-state index contributed by atoms with van der Waals surface area (Å²) in [5.41, 5.74) is 5.79. The molecule has 0 bridgehead atoms. The number of nitrogens with zero attached hydrogens (tertiary/aromatic N) is 1. The molecule has 0 saturated carbocycles. The number of nitrogen functional groups attached to an aromatic ring is 1. The van der Waals surface area contributed by atoms with Gasteiger partial charge in [0, 0.05) is 6.07 Å². The minimum Gasteiger partial charge on any atom is -0.397 e. The van der Waals surface area contributed by atoms with Gasteiger partial charge in [-0.15, -0.1) is 0 Å². The van der Waals surface area contributed by atoms with Crippen LogP contribution in [0.2, 0.25) is 5.02 Å². The lowest BCUT2D eigenvalue weighted by atomic mass is 10.2. The van der Waals surface area contributed by atoms with Crippen molar-refractivity contribution in [1.29, 1.82) is 0 Å². The Morgan fingerprint density at radius 2 is 2.05 bits per heavy atom. The molecule has 0 unspecified atom stereocenters. The maximum atomic E-state index is 12.2. The van der Waals surface area contributed by atoms with Gasteiger partial charge in [0.1, 0.15) is 0 Å². The molecule has 106 valence electrons. The van der Waals surface area contributed by atoms with Gasteiger partial charge in [-0.3, -0.25) is 9.52 Å². The molecule has 2 rings (SSSR count). The normalized spacial score (nSPS) is 11.3. The second-order valence-electron chi connectivity index (χ2n) is 4.05. The summed E-state index contributed by atoms with van der Waals surface area (Å²) in [6.45, 7) is 1.60. The van der Waals surface area contributed by atoms with E-state index in [1.807, 2.05) is 0 Å². The van der Waals surface area contributed by atoms with Crippen LogP contribution >= 0.6 is 11.6 Å². The zero-order chi connectivity index (χ0) is 14.9. The van der Waals surface area contributed by atoms with Crippen LogP contribution in [-0.4, -0.2) is 18.6 Å². The summed E-state index contributed by atoms with van der Waals surface area (Å²) in [6.07, 6.45) is 0. The molecular weight excluding hydrogens is 304 g/mol. The molecule has 0 saturated heterocycles. The molecule has 2 aromatic rings. The van der Waals surface area contributed by atoms with Gasteiger partial charge in [-0.05, 0) is 30.7 Å². The van der Waals surface area contributed by atoms with Gasteiger partial charge in [0.25, 0.3) is 15.6 Å². The number of aryl methyl sites for hydroxylation is 1. The van der Waals surface area contributed by atoms with E-state index in [-0.39, 0.29) is 21.4 Å². The van der Waals surface area contributed by atoms with E-state index < -0.39 is 15.6 Å². The highest BCUT2D eigenvalue weighted by molar-refractivity contribution is 7.92. The van der Waals surface area contributed by atoms with Gasteiger partial charge in [0.15, 0.2) is 5.82 Å². The van der Waals surface area contributed by atoms with Crippen LogP contribution in [-0.2, 0) is 10.0 Å². The number of hydrogen-bond acceptors (Lipinski definition) is 5. The van der Waals surface area contributed by atoms with Crippen LogP contribution in [0.4, 0.5) is 11.5 Å². The first kappa shape index (κ1) is 14.4. The maximum absolute atomic E-state index is 12.2. The SMILES string of the molecule is Cc1cc(Cl)c(N)cc1S(=O)(=O)Nc1ccc(=O)[nH]n1. The van der Waals surface area contributed by atoms with E-state index in [1.54, 1.807) is 6.92 Å². The van der Waals surface area contributed by atoms with Crippen LogP contribution in [0.3, 0.4) is 0 Å². The van der Waals surface area contributed by atoms with Crippen LogP contribution in [0.15, 0.2) is 34.0 Å². The second kappa shape index (κ2) is 5.14. The van der Waals surface area contributed by atoms with Crippen molar-refractivity contribution < 1.29 is 8.42 Å². The summed E-state index contributed by atoms with van der Waals surface area (Å²) in [7, 11) is -3.87. The van der Waals surface area contributed by atoms with E-state index >= 15 is 0 Å². The summed E-state index contributed by atoms with van der Waals surface area (Å²) >= 11 is 5.82. The second-order valence-corrected chi connectivity index (χ2v) is 6.11. The summed E-state index contributed by atoms with van der Waals surface area (Å²) < 4.78 is 26.7. The number of H-pyrrole nitrogens is 1. The Morgan fingerprint density at radius 3 is 2.65 bits per heavy atom. The van der Waals surface area contributed by atoms with Crippen molar-refractivity contribution in [3.05, 3.63) is 45.2 Å². The van der Waals surface area contributed by atoms with E-state index in [2.05, 4.69) is 14.9 Å². The number of benzene rings is 1. The average molecular weight is 315 g/mol. The fourth-order valence-corrected chi connectivity index (χ4v) is 3.03. The summed E-state index contributed by atoms with van der Waals surface area (Å²) in [6, 6.07) is 5.15. The van der Waals surface area contributed by atoms with Crippen molar-refractivity contribution in [3.63, 3.8) is 0 Å². The van der Waals surface area contributed by atoms with Gasteiger partial charge in [0.2, 0.25) is 0 Å². The van der Waals surface area contributed by atoms with Crippen molar-refractivity contribution >= 4 is 33.1 Å². The first-order chi connectivity index (χ1) is 9.29. The molecule has 0 fully saturated rings. The number of halogens is 1. The van der Waals surface area contributed by atoms with Crippen molar-refractivity contribution in [2.24, 2.45) is 0 Å². The Bertz CT molecular complexity index is 796. The van der Waals surface area contributed by atoms with Gasteiger partial charge in [-0.1, -0.05) is 11.6 Å².